The summed E-state index contributed by atoms with van der Waals surface area (Å²) in [5.41, 5.74) is 1.39. The van der Waals surface area contributed by atoms with Crippen LogP contribution in [0.4, 0.5) is 11.5 Å². The number of nitrogens with zero attached hydrogens (tertiary/aromatic N) is 3. The number of hydrogen-bond donors (Lipinski definition) is 2. The van der Waals surface area contributed by atoms with Crippen LogP contribution in [0.25, 0.3) is 10.9 Å². The van der Waals surface area contributed by atoms with Crippen molar-refractivity contribution in [3.05, 3.63) is 64.6 Å². The highest BCUT2D eigenvalue weighted by Gasteiger charge is 2.16. The molecule has 0 aliphatic heterocycles. The van der Waals surface area contributed by atoms with E-state index in [0.717, 1.165) is 29.7 Å². The van der Waals surface area contributed by atoms with Crippen LogP contribution in [0.1, 0.15) is 10.4 Å². The Morgan fingerprint density at radius 3 is 2.70 bits per heavy atom. The molecule has 0 aliphatic rings. The average molecular weight is 365 g/mol. The number of benzene rings is 1. The minimum atomic E-state index is -0.473. The molecule has 0 fully saturated rings. The second-order valence-corrected chi connectivity index (χ2v) is 6.56. The quantitative estimate of drug-likeness (QED) is 0.700. The van der Waals surface area contributed by atoms with Crippen molar-refractivity contribution in [2.45, 2.75) is 0 Å². The molecule has 7 heteroatoms. The molecule has 1 amide bonds. The lowest BCUT2D eigenvalue weighted by molar-refractivity contribution is 0.102. The Kier molecular flexibility index (Phi) is 5.52. The van der Waals surface area contributed by atoms with Gasteiger partial charge in [0.1, 0.15) is 11.4 Å². The van der Waals surface area contributed by atoms with Crippen LogP contribution in [0.5, 0.6) is 0 Å². The van der Waals surface area contributed by atoms with Gasteiger partial charge in [-0.3, -0.25) is 9.59 Å². The third kappa shape index (κ3) is 4.15. The zero-order valence-corrected chi connectivity index (χ0v) is 15.7. The van der Waals surface area contributed by atoms with Gasteiger partial charge in [0.15, 0.2) is 0 Å². The number of rotatable bonds is 6. The van der Waals surface area contributed by atoms with E-state index in [4.69, 9.17) is 0 Å². The smallest absolute Gasteiger partial charge is 0.263 e. The number of aryl methyl sites for hydroxylation is 1. The SMILES string of the molecule is CN(C)CCNc1cccc2c1cc(C(=O)Nc1ccccn1)c(=O)n2C. The number of amides is 1. The summed E-state index contributed by atoms with van der Waals surface area (Å²) in [6.07, 6.45) is 1.58. The molecule has 0 radical (unpaired) electrons. The fourth-order valence-corrected chi connectivity index (χ4v) is 2.84. The van der Waals surface area contributed by atoms with Crippen LogP contribution in [0.2, 0.25) is 0 Å². The molecule has 0 atom stereocenters. The van der Waals surface area contributed by atoms with E-state index in [1.165, 1.54) is 4.57 Å². The Hall–Kier alpha value is -3.19. The molecule has 0 saturated heterocycles. The molecule has 2 heterocycles. The first kappa shape index (κ1) is 18.6. The molecule has 27 heavy (non-hydrogen) atoms. The summed E-state index contributed by atoms with van der Waals surface area (Å²) >= 11 is 0. The Bertz CT molecular complexity index is 1010. The van der Waals surface area contributed by atoms with Crippen LogP contribution in [0.3, 0.4) is 0 Å². The lowest BCUT2D eigenvalue weighted by atomic mass is 10.1. The molecule has 2 aromatic heterocycles. The van der Waals surface area contributed by atoms with Gasteiger partial charge in [0.05, 0.1) is 5.52 Å². The summed E-state index contributed by atoms with van der Waals surface area (Å²) in [7, 11) is 5.69. The maximum atomic E-state index is 12.7. The van der Waals surface area contributed by atoms with Crippen LogP contribution < -0.4 is 16.2 Å². The number of fused-ring (bicyclic) bond motifs is 1. The van der Waals surface area contributed by atoms with E-state index in [1.807, 2.05) is 32.3 Å². The highest BCUT2D eigenvalue weighted by molar-refractivity contribution is 6.06. The number of pyridine rings is 2. The summed E-state index contributed by atoms with van der Waals surface area (Å²) in [5, 5.41) is 6.88. The molecule has 140 valence electrons. The predicted octanol–water partition coefficient (Wildman–Crippen LogP) is 2.16. The normalized spacial score (nSPS) is 11.0. The summed E-state index contributed by atoms with van der Waals surface area (Å²) in [5.74, 6) is -0.0682. The molecule has 0 saturated carbocycles. The van der Waals surface area contributed by atoms with Crippen molar-refractivity contribution < 1.29 is 4.79 Å². The molecule has 0 bridgehead atoms. The highest BCUT2D eigenvalue weighted by atomic mass is 16.2. The standard InChI is InChI=1S/C20H23N5O2/c1-24(2)12-11-21-16-7-6-8-17-14(16)13-15(20(27)25(17)3)19(26)23-18-9-4-5-10-22-18/h4-10,13,21H,11-12H2,1-3H3,(H,22,23,26). The molecule has 0 unspecified atom stereocenters. The first-order valence-electron chi connectivity index (χ1n) is 8.71. The second-order valence-electron chi connectivity index (χ2n) is 6.56. The molecular weight excluding hydrogens is 342 g/mol. The molecule has 0 aliphatic carbocycles. The topological polar surface area (TPSA) is 79.3 Å². The maximum absolute atomic E-state index is 12.7. The average Bonchev–Trinajstić information content (AvgIpc) is 2.65. The predicted molar refractivity (Wildman–Crippen MR) is 108 cm³/mol. The Balaban J connectivity index is 1.99. The third-order valence-electron chi connectivity index (χ3n) is 4.29. The Morgan fingerprint density at radius 2 is 2.00 bits per heavy atom. The summed E-state index contributed by atoms with van der Waals surface area (Å²) in [6.45, 7) is 1.62. The first-order valence-corrected chi connectivity index (χ1v) is 8.71. The number of likely N-dealkylation sites (N-methyl/N-ethyl adjacent to an activating group) is 1. The summed E-state index contributed by atoms with van der Waals surface area (Å²) < 4.78 is 1.50. The van der Waals surface area contributed by atoms with Gasteiger partial charge in [0, 0.05) is 37.4 Å². The largest absolute Gasteiger partial charge is 0.383 e. The van der Waals surface area contributed by atoms with Gasteiger partial charge in [0.25, 0.3) is 11.5 Å². The highest BCUT2D eigenvalue weighted by Crippen LogP contribution is 2.23. The number of anilines is 2. The summed E-state index contributed by atoms with van der Waals surface area (Å²) in [4.78, 5) is 31.5. The van der Waals surface area contributed by atoms with E-state index in [-0.39, 0.29) is 11.1 Å². The number of carbonyl (C=O) groups is 1. The van der Waals surface area contributed by atoms with Crippen molar-refractivity contribution in [1.29, 1.82) is 0 Å². The van der Waals surface area contributed by atoms with E-state index in [0.29, 0.717) is 5.82 Å². The van der Waals surface area contributed by atoms with Gasteiger partial charge < -0.3 is 20.1 Å². The fraction of sp³-hybridized carbons (Fsp3) is 0.250. The van der Waals surface area contributed by atoms with Crippen molar-refractivity contribution >= 4 is 28.3 Å². The third-order valence-corrected chi connectivity index (χ3v) is 4.29. The summed E-state index contributed by atoms with van der Waals surface area (Å²) in [6, 6.07) is 12.6. The van der Waals surface area contributed by atoms with E-state index < -0.39 is 5.91 Å². The van der Waals surface area contributed by atoms with E-state index in [1.54, 1.807) is 37.5 Å². The van der Waals surface area contributed by atoms with Crippen LogP contribution in [0.15, 0.2) is 53.5 Å². The van der Waals surface area contributed by atoms with Crippen molar-refractivity contribution in [1.82, 2.24) is 14.5 Å². The van der Waals surface area contributed by atoms with E-state index in [2.05, 4.69) is 20.5 Å². The van der Waals surface area contributed by atoms with Crippen molar-refractivity contribution in [2.24, 2.45) is 7.05 Å². The number of carbonyl (C=O) groups excluding carboxylic acids is 1. The zero-order chi connectivity index (χ0) is 19.4. The van der Waals surface area contributed by atoms with E-state index >= 15 is 0 Å². The van der Waals surface area contributed by atoms with Crippen LogP contribution in [0, 0.1) is 0 Å². The number of hydrogen-bond acceptors (Lipinski definition) is 5. The van der Waals surface area contributed by atoms with Crippen molar-refractivity contribution in [3.63, 3.8) is 0 Å². The minimum Gasteiger partial charge on any atom is -0.383 e. The first-order chi connectivity index (χ1) is 13.0. The van der Waals surface area contributed by atoms with Crippen molar-refractivity contribution in [3.8, 4) is 0 Å². The van der Waals surface area contributed by atoms with Crippen molar-refractivity contribution in [2.75, 3.05) is 37.8 Å². The zero-order valence-electron chi connectivity index (χ0n) is 15.7. The van der Waals surface area contributed by atoms with Gasteiger partial charge in [-0.25, -0.2) is 4.98 Å². The number of aromatic nitrogens is 2. The monoisotopic (exact) mass is 365 g/mol. The van der Waals surface area contributed by atoms with Crippen LogP contribution in [-0.2, 0) is 7.05 Å². The lowest BCUT2D eigenvalue weighted by Crippen LogP contribution is -2.28. The minimum absolute atomic E-state index is 0.0810. The van der Waals surface area contributed by atoms with E-state index in [9.17, 15) is 9.59 Å². The van der Waals surface area contributed by atoms with Gasteiger partial charge in [0.2, 0.25) is 0 Å². The van der Waals surface area contributed by atoms with Gasteiger partial charge in [-0.1, -0.05) is 12.1 Å². The Labute approximate surface area is 157 Å². The number of nitrogens with one attached hydrogen (secondary N) is 2. The molecular formula is C20H23N5O2. The van der Waals surface area contributed by atoms with Gasteiger partial charge in [-0.05, 0) is 44.4 Å². The molecule has 7 nitrogen and oxygen atoms in total. The second kappa shape index (κ2) is 8.01. The molecule has 3 rings (SSSR count). The molecule has 1 aromatic carbocycles. The van der Waals surface area contributed by atoms with Gasteiger partial charge >= 0.3 is 0 Å². The van der Waals surface area contributed by atoms with Crippen LogP contribution >= 0.6 is 0 Å². The lowest BCUT2D eigenvalue weighted by Gasteiger charge is -2.15. The molecule has 2 N–H and O–H groups in total. The fourth-order valence-electron chi connectivity index (χ4n) is 2.84. The maximum Gasteiger partial charge on any atom is 0.263 e. The Morgan fingerprint density at radius 1 is 1.19 bits per heavy atom. The van der Waals surface area contributed by atoms with Gasteiger partial charge in [-0.2, -0.15) is 0 Å². The molecule has 3 aromatic rings. The molecule has 0 spiro atoms. The van der Waals surface area contributed by atoms with Crippen LogP contribution in [-0.4, -0.2) is 47.5 Å². The van der Waals surface area contributed by atoms with Gasteiger partial charge in [-0.15, -0.1) is 0 Å².